The fourth-order valence-electron chi connectivity index (χ4n) is 2.81. The fraction of sp³-hybridized carbons (Fsp3) is 0.211. The maximum absolute atomic E-state index is 12.0. The van der Waals surface area contributed by atoms with Crippen molar-refractivity contribution in [3.05, 3.63) is 76.0 Å². The van der Waals surface area contributed by atoms with Gasteiger partial charge in [-0.15, -0.1) is 0 Å². The fourth-order valence-corrected chi connectivity index (χ4v) is 2.81. The summed E-state index contributed by atoms with van der Waals surface area (Å²) in [5, 5.41) is 14.7. The van der Waals surface area contributed by atoms with E-state index in [2.05, 4.69) is 10.3 Å². The van der Waals surface area contributed by atoms with Gasteiger partial charge in [0.1, 0.15) is 0 Å². The molecule has 6 nitrogen and oxygen atoms in total. The van der Waals surface area contributed by atoms with Gasteiger partial charge in [-0.25, -0.2) is 0 Å². The second-order valence-corrected chi connectivity index (χ2v) is 5.88. The third kappa shape index (κ3) is 4.23. The number of aromatic amines is 1. The van der Waals surface area contributed by atoms with E-state index in [1.807, 2.05) is 30.5 Å². The predicted octanol–water partition coefficient (Wildman–Crippen LogP) is 3.37. The number of nitro groups is 1. The molecule has 1 aromatic heterocycles. The molecule has 128 valence electrons. The number of nitro benzene ring substituents is 1. The number of para-hydroxylation sites is 1. The highest BCUT2D eigenvalue weighted by atomic mass is 16.6. The number of rotatable bonds is 7. The van der Waals surface area contributed by atoms with Crippen LogP contribution in [0, 0.1) is 10.1 Å². The molecule has 0 spiro atoms. The van der Waals surface area contributed by atoms with Crippen LogP contribution in [0.4, 0.5) is 5.69 Å². The van der Waals surface area contributed by atoms with Crippen molar-refractivity contribution in [3.8, 4) is 0 Å². The maximum Gasteiger partial charge on any atom is 0.269 e. The summed E-state index contributed by atoms with van der Waals surface area (Å²) in [4.78, 5) is 25.4. The summed E-state index contributed by atoms with van der Waals surface area (Å²) in [6, 6.07) is 14.4. The van der Waals surface area contributed by atoms with Crippen LogP contribution in [-0.2, 0) is 17.6 Å². The summed E-state index contributed by atoms with van der Waals surface area (Å²) in [7, 11) is 0. The van der Waals surface area contributed by atoms with E-state index in [9.17, 15) is 14.9 Å². The van der Waals surface area contributed by atoms with Gasteiger partial charge in [0.05, 0.1) is 4.92 Å². The highest BCUT2D eigenvalue weighted by Crippen LogP contribution is 2.18. The Labute approximate surface area is 145 Å². The van der Waals surface area contributed by atoms with Crippen LogP contribution >= 0.6 is 0 Å². The van der Waals surface area contributed by atoms with E-state index in [0.717, 1.165) is 22.0 Å². The van der Waals surface area contributed by atoms with Crippen LogP contribution in [0.1, 0.15) is 17.5 Å². The van der Waals surface area contributed by atoms with Gasteiger partial charge in [-0.2, -0.15) is 0 Å². The average Bonchev–Trinajstić information content (AvgIpc) is 3.03. The molecule has 0 atom stereocenters. The predicted molar refractivity (Wildman–Crippen MR) is 96.4 cm³/mol. The van der Waals surface area contributed by atoms with E-state index in [0.29, 0.717) is 25.8 Å². The van der Waals surface area contributed by atoms with E-state index in [-0.39, 0.29) is 11.6 Å². The van der Waals surface area contributed by atoms with Gasteiger partial charge in [0.25, 0.3) is 5.69 Å². The van der Waals surface area contributed by atoms with Gasteiger partial charge in [-0.1, -0.05) is 30.3 Å². The first-order chi connectivity index (χ1) is 12.1. The topological polar surface area (TPSA) is 88.0 Å². The zero-order valence-corrected chi connectivity index (χ0v) is 13.7. The number of aromatic nitrogens is 1. The first-order valence-corrected chi connectivity index (χ1v) is 8.18. The minimum absolute atomic E-state index is 0.00666. The van der Waals surface area contributed by atoms with Gasteiger partial charge in [-0.3, -0.25) is 14.9 Å². The molecule has 25 heavy (non-hydrogen) atoms. The van der Waals surface area contributed by atoms with Crippen molar-refractivity contribution in [1.29, 1.82) is 0 Å². The van der Waals surface area contributed by atoms with Crippen LogP contribution in [0.2, 0.25) is 0 Å². The number of nitrogens with zero attached hydrogens (tertiary/aromatic N) is 1. The van der Waals surface area contributed by atoms with Crippen LogP contribution in [0.25, 0.3) is 10.9 Å². The lowest BCUT2D eigenvalue weighted by Gasteiger charge is -2.05. The van der Waals surface area contributed by atoms with Gasteiger partial charge >= 0.3 is 0 Å². The normalized spacial score (nSPS) is 10.7. The number of non-ortho nitro benzene ring substituents is 1. The van der Waals surface area contributed by atoms with Crippen LogP contribution < -0.4 is 5.32 Å². The Kier molecular flexibility index (Phi) is 5.09. The third-order valence-electron chi connectivity index (χ3n) is 4.18. The lowest BCUT2D eigenvalue weighted by atomic mass is 10.1. The second-order valence-electron chi connectivity index (χ2n) is 5.88. The number of amides is 1. The van der Waals surface area contributed by atoms with Crippen molar-refractivity contribution in [2.75, 3.05) is 6.54 Å². The molecule has 0 radical (unpaired) electrons. The van der Waals surface area contributed by atoms with Gasteiger partial charge < -0.3 is 10.3 Å². The quantitative estimate of drug-likeness (QED) is 0.512. The van der Waals surface area contributed by atoms with Crippen molar-refractivity contribution in [3.63, 3.8) is 0 Å². The van der Waals surface area contributed by atoms with E-state index < -0.39 is 4.92 Å². The van der Waals surface area contributed by atoms with Gasteiger partial charge in [-0.05, 0) is 30.0 Å². The van der Waals surface area contributed by atoms with Gasteiger partial charge in [0.15, 0.2) is 0 Å². The Bertz CT molecular complexity index is 884. The standard InChI is InChI=1S/C19H19N3O3/c23-19(10-7-15-13-21-18-4-2-1-3-17(15)18)20-12-11-14-5-8-16(9-6-14)22(24)25/h1-6,8-9,13,21H,7,10-12H2,(H,20,23). The molecular formula is C19H19N3O3. The van der Waals surface area contributed by atoms with Crippen LogP contribution in [-0.4, -0.2) is 22.4 Å². The summed E-state index contributed by atoms with van der Waals surface area (Å²) in [6.45, 7) is 0.518. The second kappa shape index (κ2) is 7.61. The lowest BCUT2D eigenvalue weighted by Crippen LogP contribution is -2.25. The Morgan fingerprint density at radius 1 is 1.08 bits per heavy atom. The van der Waals surface area contributed by atoms with E-state index in [1.54, 1.807) is 12.1 Å². The lowest BCUT2D eigenvalue weighted by molar-refractivity contribution is -0.384. The SMILES string of the molecule is O=C(CCc1c[nH]c2ccccc12)NCCc1ccc([N+](=O)[O-])cc1. The number of carbonyl (C=O) groups is 1. The monoisotopic (exact) mass is 337 g/mol. The number of hydrogen-bond acceptors (Lipinski definition) is 3. The summed E-state index contributed by atoms with van der Waals surface area (Å²) < 4.78 is 0. The highest BCUT2D eigenvalue weighted by Gasteiger charge is 2.07. The number of nitrogens with one attached hydrogen (secondary N) is 2. The molecule has 0 bridgehead atoms. The van der Waals surface area contributed by atoms with Crippen molar-refractivity contribution in [2.24, 2.45) is 0 Å². The summed E-state index contributed by atoms with van der Waals surface area (Å²) >= 11 is 0. The Balaban J connectivity index is 1.44. The minimum Gasteiger partial charge on any atom is -0.361 e. The van der Waals surface area contributed by atoms with Crippen molar-refractivity contribution < 1.29 is 9.72 Å². The van der Waals surface area contributed by atoms with E-state index >= 15 is 0 Å². The van der Waals surface area contributed by atoms with E-state index in [4.69, 9.17) is 0 Å². The molecule has 0 saturated heterocycles. The summed E-state index contributed by atoms with van der Waals surface area (Å²) in [5.74, 6) is 0.00666. The first-order valence-electron chi connectivity index (χ1n) is 8.18. The number of aryl methyl sites for hydroxylation is 1. The van der Waals surface area contributed by atoms with Gasteiger partial charge in [0, 0.05) is 42.2 Å². The smallest absolute Gasteiger partial charge is 0.269 e. The molecule has 0 fully saturated rings. The molecule has 3 rings (SSSR count). The highest BCUT2D eigenvalue weighted by molar-refractivity contribution is 5.84. The van der Waals surface area contributed by atoms with E-state index in [1.165, 1.54) is 12.1 Å². The molecule has 0 aliphatic rings. The van der Waals surface area contributed by atoms with Crippen molar-refractivity contribution in [2.45, 2.75) is 19.3 Å². The molecule has 0 unspecified atom stereocenters. The number of H-pyrrole nitrogens is 1. The number of fused-ring (bicyclic) bond motifs is 1. The van der Waals surface area contributed by atoms with Crippen molar-refractivity contribution in [1.82, 2.24) is 10.3 Å². The molecule has 1 heterocycles. The number of benzene rings is 2. The number of hydrogen-bond donors (Lipinski definition) is 2. The molecule has 1 amide bonds. The zero-order valence-electron chi connectivity index (χ0n) is 13.7. The first kappa shape index (κ1) is 16.7. The number of carbonyl (C=O) groups excluding carboxylic acids is 1. The molecule has 3 aromatic rings. The summed E-state index contributed by atoms with van der Waals surface area (Å²) in [5.41, 5.74) is 3.26. The van der Waals surface area contributed by atoms with Gasteiger partial charge in [0.2, 0.25) is 5.91 Å². The largest absolute Gasteiger partial charge is 0.361 e. The molecule has 0 aliphatic carbocycles. The summed E-state index contributed by atoms with van der Waals surface area (Å²) in [6.07, 6.45) is 3.72. The molecule has 0 saturated carbocycles. The molecule has 0 aliphatic heterocycles. The molecule has 2 aromatic carbocycles. The Morgan fingerprint density at radius 2 is 1.84 bits per heavy atom. The Morgan fingerprint density at radius 3 is 2.60 bits per heavy atom. The Hall–Kier alpha value is -3.15. The average molecular weight is 337 g/mol. The molecule has 2 N–H and O–H groups in total. The molecular weight excluding hydrogens is 318 g/mol. The van der Waals surface area contributed by atoms with Crippen LogP contribution in [0.3, 0.4) is 0 Å². The zero-order chi connectivity index (χ0) is 17.6. The maximum atomic E-state index is 12.0. The molecule has 6 heteroatoms. The van der Waals surface area contributed by atoms with Crippen LogP contribution in [0.5, 0.6) is 0 Å². The third-order valence-corrected chi connectivity index (χ3v) is 4.18. The minimum atomic E-state index is -0.420. The van der Waals surface area contributed by atoms with Crippen molar-refractivity contribution >= 4 is 22.5 Å². The van der Waals surface area contributed by atoms with Crippen LogP contribution in [0.15, 0.2) is 54.7 Å².